The van der Waals surface area contributed by atoms with Crippen LogP contribution in [0.25, 0.3) is 0 Å². The Morgan fingerprint density at radius 3 is 2.29 bits per heavy atom. The van der Waals surface area contributed by atoms with E-state index in [-0.39, 0.29) is 5.70 Å². The molecule has 170 valence electrons. The summed E-state index contributed by atoms with van der Waals surface area (Å²) in [5, 5.41) is 1.61. The normalized spacial score (nSPS) is 17.1. The first-order valence-corrected chi connectivity index (χ1v) is 9.34. The average Bonchev–Trinajstić information content (AvgIpc) is 2.66. The van der Waals surface area contributed by atoms with E-state index in [1.807, 2.05) is 0 Å². The third-order valence-electron chi connectivity index (χ3n) is 4.46. The summed E-state index contributed by atoms with van der Waals surface area (Å²) >= 11 is 5.74. The van der Waals surface area contributed by atoms with Crippen LogP contribution in [0.1, 0.15) is 37.8 Å². The predicted octanol–water partition coefficient (Wildman–Crippen LogP) is 4.81. The lowest BCUT2D eigenvalue weighted by atomic mass is 9.78. The van der Waals surface area contributed by atoms with Crippen molar-refractivity contribution in [3.05, 3.63) is 56.6 Å². The highest BCUT2D eigenvalue weighted by Crippen LogP contribution is 2.47. The summed E-state index contributed by atoms with van der Waals surface area (Å²) in [4.78, 5) is 25.3. The summed E-state index contributed by atoms with van der Waals surface area (Å²) in [5.41, 5.74) is -4.48. The number of carbonyl (C=O) groups excluding carboxylic acids is 2. The highest BCUT2D eigenvalue weighted by atomic mass is 35.5. The van der Waals surface area contributed by atoms with Gasteiger partial charge in [0.1, 0.15) is 12.5 Å². The zero-order valence-electron chi connectivity index (χ0n) is 16.9. The van der Waals surface area contributed by atoms with Gasteiger partial charge in [0.25, 0.3) is 0 Å². The smallest absolute Gasteiger partial charge is 0.418 e. The largest absolute Gasteiger partial charge is 0.466 e. The van der Waals surface area contributed by atoms with Gasteiger partial charge < -0.3 is 14.8 Å². The van der Waals surface area contributed by atoms with Crippen molar-refractivity contribution >= 4 is 23.5 Å². The van der Waals surface area contributed by atoms with Crippen molar-refractivity contribution in [1.82, 2.24) is 5.32 Å². The molecular weight excluding hydrogens is 449 g/mol. The zero-order chi connectivity index (χ0) is 23.7. The van der Waals surface area contributed by atoms with Gasteiger partial charge in [0, 0.05) is 11.3 Å². The lowest BCUT2D eigenvalue weighted by Gasteiger charge is -2.32. The topological polar surface area (TPSA) is 64.6 Å². The zero-order valence-corrected chi connectivity index (χ0v) is 17.7. The molecule has 1 aromatic rings. The van der Waals surface area contributed by atoms with Crippen LogP contribution in [-0.2, 0) is 25.2 Å². The van der Waals surface area contributed by atoms with Gasteiger partial charge in [-0.05, 0) is 32.9 Å². The van der Waals surface area contributed by atoms with E-state index in [2.05, 4.69) is 10.1 Å². The van der Waals surface area contributed by atoms with E-state index in [4.69, 9.17) is 16.3 Å². The van der Waals surface area contributed by atoms with E-state index in [9.17, 15) is 31.5 Å². The minimum atomic E-state index is -5.16. The number of alkyl halides is 4. The van der Waals surface area contributed by atoms with Gasteiger partial charge in [-0.15, -0.1) is 0 Å². The number of dihydropyridines is 1. The van der Waals surface area contributed by atoms with Gasteiger partial charge in [-0.1, -0.05) is 11.6 Å². The molecule has 1 aliphatic rings. The molecule has 1 N–H and O–H groups in total. The van der Waals surface area contributed by atoms with Gasteiger partial charge in [0.15, 0.2) is 0 Å². The molecule has 11 heteroatoms. The number of esters is 2. The van der Waals surface area contributed by atoms with Crippen molar-refractivity contribution in [2.45, 2.75) is 39.0 Å². The summed E-state index contributed by atoms with van der Waals surface area (Å²) < 4.78 is 80.0. The fourth-order valence-electron chi connectivity index (χ4n) is 3.33. The molecule has 0 spiro atoms. The maximum atomic E-state index is 14.9. The van der Waals surface area contributed by atoms with Crippen molar-refractivity contribution in [2.75, 3.05) is 13.8 Å². The van der Waals surface area contributed by atoms with Crippen LogP contribution in [-0.4, -0.2) is 31.8 Å². The number of hydrogen-bond acceptors (Lipinski definition) is 5. The third kappa shape index (κ3) is 4.84. The number of benzene rings is 1. The maximum Gasteiger partial charge on any atom is 0.418 e. The van der Waals surface area contributed by atoms with Gasteiger partial charge in [0.2, 0.25) is 0 Å². The van der Waals surface area contributed by atoms with Crippen LogP contribution in [0, 0.1) is 5.82 Å². The first-order chi connectivity index (χ1) is 14.3. The van der Waals surface area contributed by atoms with Crippen LogP contribution in [0.15, 0.2) is 34.7 Å². The monoisotopic (exact) mass is 467 g/mol. The first kappa shape index (κ1) is 24.6. The predicted molar refractivity (Wildman–Crippen MR) is 101 cm³/mol. The number of nitrogens with one attached hydrogen (secondary N) is 1. The van der Waals surface area contributed by atoms with Crippen molar-refractivity contribution < 1.29 is 41.0 Å². The van der Waals surface area contributed by atoms with Crippen molar-refractivity contribution in [3.8, 4) is 0 Å². The van der Waals surface area contributed by atoms with Crippen molar-refractivity contribution in [3.63, 3.8) is 0 Å². The van der Waals surface area contributed by atoms with Crippen LogP contribution < -0.4 is 5.32 Å². The van der Waals surface area contributed by atoms with E-state index in [0.717, 1.165) is 7.11 Å². The van der Waals surface area contributed by atoms with E-state index >= 15 is 0 Å². The molecule has 0 saturated heterocycles. The molecule has 1 aliphatic heterocycles. The Hall–Kier alpha value is -2.62. The van der Waals surface area contributed by atoms with E-state index < -0.39 is 75.6 Å². The fraction of sp³-hybridized carbons (Fsp3) is 0.400. The fourth-order valence-corrected chi connectivity index (χ4v) is 3.60. The van der Waals surface area contributed by atoms with Crippen molar-refractivity contribution in [2.24, 2.45) is 0 Å². The Morgan fingerprint density at radius 1 is 1.19 bits per heavy atom. The molecule has 5 nitrogen and oxygen atoms in total. The lowest BCUT2D eigenvalue weighted by Crippen LogP contribution is -2.35. The Bertz CT molecular complexity index is 969. The minimum absolute atomic E-state index is 0.113. The van der Waals surface area contributed by atoms with Gasteiger partial charge in [0.05, 0.1) is 46.6 Å². The number of methoxy groups -OCH3 is 1. The molecule has 0 aromatic heterocycles. The van der Waals surface area contributed by atoms with Crippen molar-refractivity contribution in [1.29, 1.82) is 0 Å². The van der Waals surface area contributed by atoms with Crippen LogP contribution >= 0.6 is 11.6 Å². The van der Waals surface area contributed by atoms with Gasteiger partial charge >= 0.3 is 18.1 Å². The van der Waals surface area contributed by atoms with Crippen LogP contribution in [0.3, 0.4) is 0 Å². The molecule has 2 rings (SSSR count). The third-order valence-corrected chi connectivity index (χ3v) is 4.78. The van der Waals surface area contributed by atoms with Gasteiger partial charge in [-0.2, -0.15) is 13.2 Å². The second-order valence-electron chi connectivity index (χ2n) is 6.88. The average molecular weight is 468 g/mol. The summed E-state index contributed by atoms with van der Waals surface area (Å²) in [6, 6.07) is 1.37. The van der Waals surface area contributed by atoms with E-state index in [1.165, 1.54) is 20.8 Å². The van der Waals surface area contributed by atoms with Crippen LogP contribution in [0.5, 0.6) is 0 Å². The number of hydrogen-bond donors (Lipinski definition) is 1. The quantitative estimate of drug-likeness (QED) is 0.497. The highest BCUT2D eigenvalue weighted by Gasteiger charge is 2.46. The standard InChI is InChI=1S/C20H19ClF5NO4/c1-8(2)31-19(29)15-12(7-22)27-9(3)13(18(28)30-4)16(15)14-11(23)6-5-10(21)17(14)20(24,25)26/h5-6,8,16,27H,7H2,1-4H3. The molecular formula is C20H19ClF5NO4. The SMILES string of the molecule is COC(=O)C1=C(C)NC(CF)=C(C(=O)OC(C)C)C1c1c(F)ccc(Cl)c1C(F)(F)F. The number of ether oxygens (including phenoxy) is 2. The summed E-state index contributed by atoms with van der Waals surface area (Å²) in [6.45, 7) is 2.86. The Kier molecular flexibility index (Phi) is 7.36. The molecule has 0 saturated carbocycles. The molecule has 0 bridgehead atoms. The molecule has 0 radical (unpaired) electrons. The molecule has 1 heterocycles. The molecule has 31 heavy (non-hydrogen) atoms. The highest BCUT2D eigenvalue weighted by molar-refractivity contribution is 6.31. The van der Waals surface area contributed by atoms with Crippen LogP contribution in [0.2, 0.25) is 5.02 Å². The molecule has 0 aliphatic carbocycles. The second kappa shape index (κ2) is 9.25. The molecule has 1 atom stereocenters. The molecule has 0 amide bonds. The van der Waals surface area contributed by atoms with E-state index in [0.29, 0.717) is 12.1 Å². The summed E-state index contributed by atoms with van der Waals surface area (Å²) in [6.07, 6.45) is -5.89. The lowest BCUT2D eigenvalue weighted by molar-refractivity contribution is -0.144. The summed E-state index contributed by atoms with van der Waals surface area (Å²) in [7, 11) is 0.958. The maximum absolute atomic E-state index is 14.9. The number of rotatable bonds is 5. The van der Waals surface area contributed by atoms with Gasteiger partial charge in [-0.25, -0.2) is 18.4 Å². The molecule has 1 aromatic carbocycles. The summed E-state index contributed by atoms with van der Waals surface area (Å²) in [5.74, 6) is -5.75. The Labute approximate surface area is 179 Å². The minimum Gasteiger partial charge on any atom is -0.466 e. The molecule has 0 fully saturated rings. The first-order valence-electron chi connectivity index (χ1n) is 8.96. The number of carbonyl (C=O) groups is 2. The number of allylic oxidation sites excluding steroid dienone is 2. The van der Waals surface area contributed by atoms with E-state index in [1.54, 1.807) is 0 Å². The van der Waals surface area contributed by atoms with Crippen LogP contribution in [0.4, 0.5) is 22.0 Å². The number of halogens is 6. The molecule has 1 unspecified atom stereocenters. The van der Waals surface area contributed by atoms with Gasteiger partial charge in [-0.3, -0.25) is 0 Å². The second-order valence-corrected chi connectivity index (χ2v) is 7.29. The Balaban J connectivity index is 2.99. The Morgan fingerprint density at radius 2 is 1.81 bits per heavy atom.